The highest BCUT2D eigenvalue weighted by atomic mass is 32.2. The summed E-state index contributed by atoms with van der Waals surface area (Å²) in [7, 11) is 0. The standard InChI is InChI=1S/C18H29N5OS/c1-13-6-2-3-7-15(13)19-16(24)12-25-18-21-20-17(22-10-4-5-11-22)23(18)14-8-9-14/h13-15H,2-12H2,1H3,(H,19,24). The minimum absolute atomic E-state index is 0.136. The van der Waals surface area contributed by atoms with Crippen molar-refractivity contribution in [3.63, 3.8) is 0 Å². The molecule has 0 spiro atoms. The molecule has 0 aromatic carbocycles. The van der Waals surface area contributed by atoms with Crippen molar-refractivity contribution in [3.05, 3.63) is 0 Å². The lowest BCUT2D eigenvalue weighted by Crippen LogP contribution is -2.41. The van der Waals surface area contributed by atoms with E-state index in [4.69, 9.17) is 0 Å². The normalized spacial score (nSPS) is 26.8. The molecule has 2 saturated carbocycles. The Balaban J connectivity index is 1.36. The fraction of sp³-hybridized carbons (Fsp3) is 0.833. The summed E-state index contributed by atoms with van der Waals surface area (Å²) >= 11 is 1.54. The van der Waals surface area contributed by atoms with E-state index >= 15 is 0 Å². The number of hydrogen-bond acceptors (Lipinski definition) is 5. The van der Waals surface area contributed by atoms with Crippen LogP contribution in [0.25, 0.3) is 0 Å². The zero-order valence-electron chi connectivity index (χ0n) is 15.1. The highest BCUT2D eigenvalue weighted by Crippen LogP contribution is 2.41. The van der Waals surface area contributed by atoms with E-state index in [1.807, 2.05) is 0 Å². The quantitative estimate of drug-likeness (QED) is 0.787. The lowest BCUT2D eigenvalue weighted by atomic mass is 9.86. The Labute approximate surface area is 154 Å². The molecule has 2 unspecified atom stereocenters. The minimum atomic E-state index is 0.136. The van der Waals surface area contributed by atoms with Gasteiger partial charge in [-0.25, -0.2) is 0 Å². The van der Waals surface area contributed by atoms with Gasteiger partial charge >= 0.3 is 0 Å². The summed E-state index contributed by atoms with van der Waals surface area (Å²) in [5.74, 6) is 2.19. The average molecular weight is 364 g/mol. The van der Waals surface area contributed by atoms with Crippen LogP contribution in [0.4, 0.5) is 5.95 Å². The first kappa shape index (κ1) is 17.2. The van der Waals surface area contributed by atoms with Gasteiger partial charge in [0.2, 0.25) is 11.9 Å². The first-order valence-electron chi connectivity index (χ1n) is 9.84. The molecule has 1 aliphatic heterocycles. The van der Waals surface area contributed by atoms with Gasteiger partial charge in [-0.2, -0.15) is 0 Å². The molecule has 138 valence electrons. The Hall–Kier alpha value is -1.24. The lowest BCUT2D eigenvalue weighted by Gasteiger charge is -2.29. The van der Waals surface area contributed by atoms with Crippen molar-refractivity contribution >= 4 is 23.6 Å². The molecule has 7 heteroatoms. The Kier molecular flexibility index (Phi) is 5.20. The van der Waals surface area contributed by atoms with Crippen LogP contribution in [-0.4, -0.2) is 45.6 Å². The molecule has 4 rings (SSSR count). The van der Waals surface area contributed by atoms with Gasteiger partial charge in [0.15, 0.2) is 5.16 Å². The molecule has 2 heterocycles. The molecule has 3 aliphatic rings. The molecule has 0 bridgehead atoms. The SMILES string of the molecule is CC1CCCCC1NC(=O)CSc1nnc(N2CCCC2)n1C1CC1. The highest BCUT2D eigenvalue weighted by molar-refractivity contribution is 7.99. The number of anilines is 1. The minimum Gasteiger partial charge on any atom is -0.352 e. The number of hydrogen-bond donors (Lipinski definition) is 1. The summed E-state index contributed by atoms with van der Waals surface area (Å²) in [6.45, 7) is 4.41. The molecule has 25 heavy (non-hydrogen) atoms. The monoisotopic (exact) mass is 363 g/mol. The van der Waals surface area contributed by atoms with Crippen LogP contribution in [0.15, 0.2) is 5.16 Å². The van der Waals surface area contributed by atoms with Crippen LogP contribution in [0.3, 0.4) is 0 Å². The number of nitrogens with one attached hydrogen (secondary N) is 1. The predicted molar refractivity (Wildman–Crippen MR) is 100 cm³/mol. The van der Waals surface area contributed by atoms with Gasteiger partial charge in [-0.05, 0) is 44.4 Å². The second-order valence-corrected chi connectivity index (χ2v) is 8.74. The van der Waals surface area contributed by atoms with E-state index in [9.17, 15) is 4.79 Å². The molecule has 2 aliphatic carbocycles. The Morgan fingerprint density at radius 1 is 1.12 bits per heavy atom. The van der Waals surface area contributed by atoms with Crippen molar-refractivity contribution in [1.82, 2.24) is 20.1 Å². The zero-order chi connectivity index (χ0) is 17.2. The van der Waals surface area contributed by atoms with Crippen molar-refractivity contribution in [2.75, 3.05) is 23.7 Å². The number of carbonyl (C=O) groups is 1. The Morgan fingerprint density at radius 2 is 1.88 bits per heavy atom. The summed E-state index contributed by atoms with van der Waals surface area (Å²) in [5, 5.41) is 13.0. The van der Waals surface area contributed by atoms with E-state index in [1.165, 1.54) is 44.9 Å². The largest absolute Gasteiger partial charge is 0.352 e. The number of rotatable bonds is 6. The van der Waals surface area contributed by atoms with Crippen LogP contribution in [0.1, 0.15) is 64.3 Å². The maximum Gasteiger partial charge on any atom is 0.230 e. The molecule has 0 radical (unpaired) electrons. The first-order chi connectivity index (χ1) is 12.2. The van der Waals surface area contributed by atoms with Crippen molar-refractivity contribution in [3.8, 4) is 0 Å². The van der Waals surface area contributed by atoms with Crippen molar-refractivity contribution < 1.29 is 4.79 Å². The summed E-state index contributed by atoms with van der Waals surface area (Å²) < 4.78 is 2.28. The summed E-state index contributed by atoms with van der Waals surface area (Å²) in [5.41, 5.74) is 0. The molecule has 1 saturated heterocycles. The van der Waals surface area contributed by atoms with Crippen LogP contribution >= 0.6 is 11.8 Å². The van der Waals surface area contributed by atoms with Gasteiger partial charge in [0, 0.05) is 25.2 Å². The second-order valence-electron chi connectivity index (χ2n) is 7.80. The van der Waals surface area contributed by atoms with Crippen LogP contribution in [0.2, 0.25) is 0 Å². The number of thioether (sulfide) groups is 1. The van der Waals surface area contributed by atoms with E-state index < -0.39 is 0 Å². The van der Waals surface area contributed by atoms with Crippen LogP contribution in [0.5, 0.6) is 0 Å². The van der Waals surface area contributed by atoms with Crippen LogP contribution in [-0.2, 0) is 4.79 Å². The number of amides is 1. The lowest BCUT2D eigenvalue weighted by molar-refractivity contribution is -0.119. The van der Waals surface area contributed by atoms with Crippen molar-refractivity contribution in [2.24, 2.45) is 5.92 Å². The molecular formula is C18H29N5OS. The maximum absolute atomic E-state index is 12.4. The average Bonchev–Trinajstić information content (AvgIpc) is 3.13. The van der Waals surface area contributed by atoms with Crippen molar-refractivity contribution in [1.29, 1.82) is 0 Å². The molecule has 1 amide bonds. The van der Waals surface area contributed by atoms with Crippen LogP contribution in [0, 0.1) is 5.92 Å². The van der Waals surface area contributed by atoms with E-state index in [1.54, 1.807) is 11.8 Å². The Bertz CT molecular complexity index is 609. The number of aromatic nitrogens is 3. The number of nitrogens with zero attached hydrogens (tertiary/aromatic N) is 4. The molecule has 3 fully saturated rings. The summed E-state index contributed by atoms with van der Waals surface area (Å²) in [6.07, 6.45) is 9.77. The fourth-order valence-corrected chi connectivity index (χ4v) is 4.87. The number of carbonyl (C=O) groups excluding carboxylic acids is 1. The third-order valence-electron chi connectivity index (χ3n) is 5.74. The van der Waals surface area contributed by atoms with Gasteiger partial charge in [0.1, 0.15) is 0 Å². The van der Waals surface area contributed by atoms with Gasteiger partial charge < -0.3 is 10.2 Å². The molecular weight excluding hydrogens is 334 g/mol. The van der Waals surface area contributed by atoms with Gasteiger partial charge in [0.05, 0.1) is 5.75 Å². The van der Waals surface area contributed by atoms with Gasteiger partial charge in [-0.1, -0.05) is 31.5 Å². The van der Waals surface area contributed by atoms with Gasteiger partial charge in [-0.3, -0.25) is 9.36 Å². The van der Waals surface area contributed by atoms with E-state index in [-0.39, 0.29) is 5.91 Å². The third-order valence-corrected chi connectivity index (χ3v) is 6.68. The summed E-state index contributed by atoms with van der Waals surface area (Å²) in [6, 6.07) is 0.887. The van der Waals surface area contributed by atoms with E-state index in [2.05, 4.69) is 31.9 Å². The summed E-state index contributed by atoms with van der Waals surface area (Å²) in [4.78, 5) is 14.7. The van der Waals surface area contributed by atoms with Crippen LogP contribution < -0.4 is 10.2 Å². The fourth-order valence-electron chi connectivity index (χ4n) is 4.06. The van der Waals surface area contributed by atoms with Crippen molar-refractivity contribution in [2.45, 2.75) is 75.5 Å². The molecule has 1 N–H and O–H groups in total. The Morgan fingerprint density at radius 3 is 2.60 bits per heavy atom. The molecule has 6 nitrogen and oxygen atoms in total. The smallest absolute Gasteiger partial charge is 0.230 e. The molecule has 1 aromatic rings. The highest BCUT2D eigenvalue weighted by Gasteiger charge is 2.32. The van der Waals surface area contributed by atoms with Gasteiger partial charge in [0.25, 0.3) is 0 Å². The van der Waals surface area contributed by atoms with E-state index in [0.717, 1.165) is 30.6 Å². The second kappa shape index (κ2) is 7.56. The van der Waals surface area contributed by atoms with Gasteiger partial charge in [-0.15, -0.1) is 10.2 Å². The topological polar surface area (TPSA) is 63.1 Å². The maximum atomic E-state index is 12.4. The zero-order valence-corrected chi connectivity index (χ0v) is 15.9. The molecule has 1 aromatic heterocycles. The first-order valence-corrected chi connectivity index (χ1v) is 10.8. The molecule has 2 atom stereocenters. The third kappa shape index (κ3) is 3.96. The van der Waals surface area contributed by atoms with E-state index in [0.29, 0.717) is 23.8 Å². The predicted octanol–water partition coefficient (Wildman–Crippen LogP) is 3.00.